The van der Waals surface area contributed by atoms with Gasteiger partial charge in [-0.2, -0.15) is 0 Å². The van der Waals surface area contributed by atoms with E-state index in [-0.39, 0.29) is 10.6 Å². The van der Waals surface area contributed by atoms with Crippen molar-refractivity contribution in [2.75, 3.05) is 18.4 Å². The monoisotopic (exact) mass is 389 g/mol. The summed E-state index contributed by atoms with van der Waals surface area (Å²) in [5, 5.41) is 11.3. The average Bonchev–Trinajstić information content (AvgIpc) is 3.09. The summed E-state index contributed by atoms with van der Waals surface area (Å²) >= 11 is 0. The van der Waals surface area contributed by atoms with E-state index >= 15 is 0 Å². The Balaban J connectivity index is 1.96. The number of methoxy groups -OCH3 is 1. The Labute approximate surface area is 157 Å². The van der Waals surface area contributed by atoms with Crippen LogP contribution in [0.25, 0.3) is 11.4 Å². The second-order valence-electron chi connectivity index (χ2n) is 5.55. The molecule has 0 saturated heterocycles. The van der Waals surface area contributed by atoms with Gasteiger partial charge in [-0.1, -0.05) is 0 Å². The fraction of sp³-hybridized carbons (Fsp3) is 0.235. The minimum atomic E-state index is -3.90. The third kappa shape index (κ3) is 4.00. The molecule has 0 unspecified atom stereocenters. The van der Waals surface area contributed by atoms with Crippen molar-refractivity contribution in [3.63, 3.8) is 0 Å². The molecule has 0 radical (unpaired) electrons. The van der Waals surface area contributed by atoms with Crippen molar-refractivity contribution in [1.29, 1.82) is 0 Å². The van der Waals surface area contributed by atoms with E-state index in [4.69, 9.17) is 9.47 Å². The molecule has 3 rings (SSSR count). The lowest BCUT2D eigenvalue weighted by molar-refractivity contribution is 0.340. The normalized spacial score (nSPS) is 11.2. The lowest BCUT2D eigenvalue weighted by Gasteiger charge is -2.13. The zero-order valence-corrected chi connectivity index (χ0v) is 15.9. The number of aryl methyl sites for hydroxylation is 1. The van der Waals surface area contributed by atoms with Crippen LogP contribution in [0.15, 0.2) is 47.4 Å². The van der Waals surface area contributed by atoms with Crippen LogP contribution in [-0.4, -0.2) is 42.3 Å². The summed E-state index contributed by atoms with van der Waals surface area (Å²) in [6.07, 6.45) is 0. The molecule has 1 aromatic heterocycles. The molecule has 3 aromatic rings. The van der Waals surface area contributed by atoms with Crippen molar-refractivity contribution in [3.8, 4) is 22.9 Å². The Hall–Kier alpha value is -3.14. The number of aromatic nitrogens is 4. The van der Waals surface area contributed by atoms with Crippen molar-refractivity contribution in [3.05, 3.63) is 42.5 Å². The lowest BCUT2D eigenvalue weighted by Crippen LogP contribution is -2.14. The maximum atomic E-state index is 12.9. The maximum Gasteiger partial charge on any atom is 0.265 e. The highest BCUT2D eigenvalue weighted by Gasteiger charge is 2.22. The van der Waals surface area contributed by atoms with E-state index in [1.54, 1.807) is 43.4 Å². The molecule has 0 aliphatic carbocycles. The predicted octanol–water partition coefficient (Wildman–Crippen LogP) is 2.09. The topological polar surface area (TPSA) is 108 Å². The van der Waals surface area contributed by atoms with E-state index in [9.17, 15) is 8.42 Å². The van der Waals surface area contributed by atoms with Crippen LogP contribution >= 0.6 is 0 Å². The van der Waals surface area contributed by atoms with Crippen LogP contribution < -0.4 is 14.2 Å². The van der Waals surface area contributed by atoms with Crippen LogP contribution in [0.3, 0.4) is 0 Å². The molecule has 0 fully saturated rings. The highest BCUT2D eigenvalue weighted by molar-refractivity contribution is 7.92. The molecule has 2 aromatic carbocycles. The molecular weight excluding hydrogens is 370 g/mol. The first kappa shape index (κ1) is 18.6. The van der Waals surface area contributed by atoms with Gasteiger partial charge >= 0.3 is 0 Å². The summed E-state index contributed by atoms with van der Waals surface area (Å²) in [6.45, 7) is 2.41. The largest absolute Gasteiger partial charge is 0.495 e. The van der Waals surface area contributed by atoms with Crippen LogP contribution in [0.5, 0.6) is 11.5 Å². The van der Waals surface area contributed by atoms with E-state index in [1.165, 1.54) is 17.9 Å². The Bertz CT molecular complexity index is 1030. The van der Waals surface area contributed by atoms with E-state index < -0.39 is 10.0 Å². The van der Waals surface area contributed by atoms with E-state index in [1.807, 2.05) is 6.92 Å². The van der Waals surface area contributed by atoms with Gasteiger partial charge in [-0.25, -0.2) is 13.1 Å². The number of ether oxygens (including phenoxy) is 2. The molecule has 27 heavy (non-hydrogen) atoms. The predicted molar refractivity (Wildman–Crippen MR) is 99.2 cm³/mol. The number of hydrogen-bond donors (Lipinski definition) is 1. The van der Waals surface area contributed by atoms with Gasteiger partial charge in [-0.3, -0.25) is 4.72 Å². The minimum absolute atomic E-state index is 0.0145. The van der Waals surface area contributed by atoms with E-state index in [2.05, 4.69) is 20.2 Å². The molecule has 1 heterocycles. The fourth-order valence-corrected chi connectivity index (χ4v) is 3.75. The zero-order chi connectivity index (χ0) is 19.4. The Morgan fingerprint density at radius 2 is 1.89 bits per heavy atom. The van der Waals surface area contributed by atoms with Crippen LogP contribution in [-0.2, 0) is 17.1 Å². The van der Waals surface area contributed by atoms with E-state index in [0.717, 1.165) is 0 Å². The van der Waals surface area contributed by atoms with Crippen molar-refractivity contribution in [2.24, 2.45) is 7.05 Å². The summed E-state index contributed by atoms with van der Waals surface area (Å²) in [5.41, 5.74) is 0.960. The number of benzene rings is 2. The highest BCUT2D eigenvalue weighted by atomic mass is 32.2. The van der Waals surface area contributed by atoms with Gasteiger partial charge in [0.2, 0.25) is 0 Å². The molecule has 0 saturated carbocycles. The smallest absolute Gasteiger partial charge is 0.265 e. The van der Waals surface area contributed by atoms with Gasteiger partial charge in [0.1, 0.15) is 16.4 Å². The van der Waals surface area contributed by atoms with Gasteiger partial charge in [0, 0.05) is 18.3 Å². The van der Waals surface area contributed by atoms with Crippen LogP contribution in [0.4, 0.5) is 5.69 Å². The molecule has 9 nitrogen and oxygen atoms in total. The molecule has 0 spiro atoms. The van der Waals surface area contributed by atoms with Gasteiger partial charge in [0.25, 0.3) is 10.0 Å². The lowest BCUT2D eigenvalue weighted by atomic mass is 10.2. The SMILES string of the molecule is CCOc1ccc(NS(=O)(=O)c2cc(-c3nnnn3C)ccc2OC)cc1. The van der Waals surface area contributed by atoms with Gasteiger partial charge in [0.05, 0.1) is 13.7 Å². The first-order chi connectivity index (χ1) is 12.9. The van der Waals surface area contributed by atoms with E-state index in [0.29, 0.717) is 29.4 Å². The second kappa shape index (κ2) is 7.62. The Morgan fingerprint density at radius 1 is 1.15 bits per heavy atom. The molecule has 0 aliphatic heterocycles. The number of rotatable bonds is 7. The van der Waals surface area contributed by atoms with Crippen molar-refractivity contribution in [2.45, 2.75) is 11.8 Å². The van der Waals surface area contributed by atoms with Gasteiger partial charge < -0.3 is 9.47 Å². The quantitative estimate of drug-likeness (QED) is 0.659. The Morgan fingerprint density at radius 3 is 2.48 bits per heavy atom. The Kier molecular flexibility index (Phi) is 5.26. The van der Waals surface area contributed by atoms with Crippen LogP contribution in [0.2, 0.25) is 0 Å². The summed E-state index contributed by atoms with van der Waals surface area (Å²) in [7, 11) is -0.817. The fourth-order valence-electron chi connectivity index (χ4n) is 2.50. The average molecular weight is 389 g/mol. The molecule has 0 bridgehead atoms. The van der Waals surface area contributed by atoms with Gasteiger partial charge in [-0.05, 0) is 59.8 Å². The molecule has 10 heteroatoms. The van der Waals surface area contributed by atoms with Crippen LogP contribution in [0, 0.1) is 0 Å². The zero-order valence-electron chi connectivity index (χ0n) is 15.1. The number of nitrogens with zero attached hydrogens (tertiary/aromatic N) is 4. The number of anilines is 1. The van der Waals surface area contributed by atoms with Crippen molar-refractivity contribution >= 4 is 15.7 Å². The maximum absolute atomic E-state index is 12.9. The standard InChI is InChI=1S/C17H19N5O4S/c1-4-26-14-8-6-13(7-9-14)19-27(23,24)16-11-12(5-10-15(16)25-3)17-18-20-21-22(17)2/h5-11,19H,4H2,1-3H3. The highest BCUT2D eigenvalue weighted by Crippen LogP contribution is 2.30. The summed E-state index contributed by atoms with van der Waals surface area (Å²) in [4.78, 5) is -0.0145. The summed E-state index contributed by atoms with van der Waals surface area (Å²) < 4.78 is 40.4. The molecule has 1 N–H and O–H groups in total. The van der Waals surface area contributed by atoms with Crippen molar-refractivity contribution < 1.29 is 17.9 Å². The molecule has 0 atom stereocenters. The van der Waals surface area contributed by atoms with Gasteiger partial charge in [-0.15, -0.1) is 5.10 Å². The second-order valence-corrected chi connectivity index (χ2v) is 7.21. The third-order valence-electron chi connectivity index (χ3n) is 3.75. The first-order valence-electron chi connectivity index (χ1n) is 8.11. The van der Waals surface area contributed by atoms with Gasteiger partial charge in [0.15, 0.2) is 5.82 Å². The number of nitrogens with one attached hydrogen (secondary N) is 1. The van der Waals surface area contributed by atoms with Crippen molar-refractivity contribution in [1.82, 2.24) is 20.2 Å². The molecule has 0 aliphatic rings. The minimum Gasteiger partial charge on any atom is -0.495 e. The number of hydrogen-bond acceptors (Lipinski definition) is 7. The summed E-state index contributed by atoms with van der Waals surface area (Å²) in [6, 6.07) is 11.4. The summed E-state index contributed by atoms with van der Waals surface area (Å²) in [5.74, 6) is 1.32. The molecular formula is C17H19N5O4S. The molecule has 142 valence electrons. The van der Waals surface area contributed by atoms with Crippen LogP contribution in [0.1, 0.15) is 6.92 Å². The third-order valence-corrected chi connectivity index (χ3v) is 5.15. The molecule has 0 amide bonds. The first-order valence-corrected chi connectivity index (χ1v) is 9.59. The number of tetrazole rings is 1. The number of sulfonamides is 1.